The number of hydrogen-bond acceptors (Lipinski definition) is 7. The van der Waals surface area contributed by atoms with Crippen LogP contribution in [0.5, 0.6) is 0 Å². The Balaban J connectivity index is 0.000000193. The summed E-state index contributed by atoms with van der Waals surface area (Å²) >= 11 is 3.16. The lowest BCUT2D eigenvalue weighted by molar-refractivity contribution is -0.665. The first kappa shape index (κ1) is 38.2. The Kier molecular flexibility index (Phi) is 11.5. The Bertz CT molecular complexity index is 2240. The summed E-state index contributed by atoms with van der Waals surface area (Å²) in [6.07, 6.45) is 4.88. The molecule has 6 aromatic rings. The fourth-order valence-electron chi connectivity index (χ4n) is 7.82. The molecule has 1 aliphatic heterocycles. The number of fused-ring (bicyclic) bond motifs is 2. The number of aryl methyl sites for hydroxylation is 1. The highest BCUT2D eigenvalue weighted by Gasteiger charge is 2.39. The van der Waals surface area contributed by atoms with E-state index in [4.69, 9.17) is 0 Å². The molecule has 0 aliphatic carbocycles. The predicted octanol–water partition coefficient (Wildman–Crippen LogP) is 9.47. The van der Waals surface area contributed by atoms with E-state index in [1.165, 1.54) is 28.5 Å². The third-order valence-electron chi connectivity index (χ3n) is 10.2. The van der Waals surface area contributed by atoms with Crippen molar-refractivity contribution < 1.29 is 14.4 Å². The molecule has 0 N–H and O–H groups in total. The van der Waals surface area contributed by atoms with Gasteiger partial charge in [0.2, 0.25) is 5.52 Å². The Morgan fingerprint density at radius 3 is 1.74 bits per heavy atom. The molecule has 54 heavy (non-hydrogen) atoms. The van der Waals surface area contributed by atoms with Crippen LogP contribution in [0.2, 0.25) is 5.31 Å². The number of aromatic nitrogens is 1. The third-order valence-corrected chi connectivity index (χ3v) is 12.4. The van der Waals surface area contributed by atoms with Gasteiger partial charge in [-0.1, -0.05) is 141 Å². The van der Waals surface area contributed by atoms with Gasteiger partial charge in [0.15, 0.2) is 0 Å². The zero-order valence-electron chi connectivity index (χ0n) is 31.1. The molecule has 0 bridgehead atoms. The summed E-state index contributed by atoms with van der Waals surface area (Å²) in [6.45, 7) is 12.5. The first-order valence-electron chi connectivity index (χ1n) is 18.0. The van der Waals surface area contributed by atoms with Crippen LogP contribution in [0.1, 0.15) is 39.6 Å². The van der Waals surface area contributed by atoms with Gasteiger partial charge in [-0.05, 0) is 32.1 Å². The van der Waals surface area contributed by atoms with E-state index in [-0.39, 0.29) is 26.5 Å². The molecule has 0 fully saturated rings. The molecular weight excluding hydrogens is 711 g/mol. The maximum Gasteiger partial charge on any atom is 0.276 e. The van der Waals surface area contributed by atoms with Crippen molar-refractivity contribution in [1.82, 2.24) is 0 Å². The van der Waals surface area contributed by atoms with Crippen LogP contribution < -0.4 is 25.9 Å². The van der Waals surface area contributed by atoms with E-state index in [0.717, 1.165) is 30.8 Å². The molecule has 0 saturated heterocycles. The second kappa shape index (κ2) is 16.2. The van der Waals surface area contributed by atoms with Crippen LogP contribution in [0.25, 0.3) is 16.3 Å². The van der Waals surface area contributed by atoms with E-state index in [0.29, 0.717) is 13.1 Å². The number of hydrogen-bond donors (Lipinski definition) is 0. The molecular formula is C43H43BN4O4S2. The normalized spacial score (nSPS) is 13.6. The number of allylic oxidation sites excluding steroid dienone is 2. The Hall–Kier alpha value is -5.52. The molecule has 1 aliphatic rings. The second-order valence-corrected chi connectivity index (χ2v) is 16.3. The van der Waals surface area contributed by atoms with Gasteiger partial charge in [-0.25, -0.2) is 0 Å². The first-order valence-corrected chi connectivity index (χ1v) is 19.7. The lowest BCUT2D eigenvalue weighted by atomic mass is 9.07. The summed E-state index contributed by atoms with van der Waals surface area (Å²) in [6, 6.07) is 42.8. The number of nitro benzene ring substituents is 2. The molecule has 5 aromatic carbocycles. The molecule has 0 amide bonds. The Morgan fingerprint density at radius 2 is 1.26 bits per heavy atom. The average molecular weight is 755 g/mol. The minimum Gasteiger partial charge on any atom is -0.335 e. The van der Waals surface area contributed by atoms with Crippen molar-refractivity contribution in [2.75, 3.05) is 11.4 Å². The van der Waals surface area contributed by atoms with Crippen molar-refractivity contribution in [2.24, 2.45) is 0 Å². The number of anilines is 1. The number of rotatable bonds is 9. The van der Waals surface area contributed by atoms with Gasteiger partial charge < -0.3 is 4.90 Å². The van der Waals surface area contributed by atoms with Crippen LogP contribution in [0.15, 0.2) is 149 Å². The van der Waals surface area contributed by atoms with Gasteiger partial charge in [-0.15, -0.1) is 5.31 Å². The highest BCUT2D eigenvalue weighted by atomic mass is 32.2. The molecule has 0 saturated carbocycles. The average Bonchev–Trinajstić information content (AvgIpc) is 3.72. The smallest absolute Gasteiger partial charge is 0.276 e. The van der Waals surface area contributed by atoms with Crippen molar-refractivity contribution in [2.45, 2.75) is 51.4 Å². The molecule has 1 aromatic heterocycles. The summed E-state index contributed by atoms with van der Waals surface area (Å²) in [5.41, 5.74) is 6.06. The molecule has 7 rings (SSSR count). The fraction of sp³-hybridized carbons (Fsp3) is 0.186. The van der Waals surface area contributed by atoms with Gasteiger partial charge in [0.1, 0.15) is 11.2 Å². The highest BCUT2D eigenvalue weighted by molar-refractivity contribution is 8.03. The molecule has 2 heterocycles. The molecule has 0 atom stereocenters. The standard InChI is InChI=1S/C22H24B.C21H19N4O4S2/c1-22(2,3)23(19-13-7-4-8-14-19,20-15-9-5-10-16-20)21-17-11-6-12-18-21;1-3-22-16-12-14(24(26)27)8-10-18(16)30-20(22)6-5-7-21-23(4-2)17-13-15(25(28)29)9-11-19(17)31-21/h4-18H,1-3H3;5-13H,3-4H2,1-2H3/q-1;+1. The monoisotopic (exact) mass is 754 g/mol. The summed E-state index contributed by atoms with van der Waals surface area (Å²) < 4.78 is 3.05. The topological polar surface area (TPSA) is 93.4 Å². The van der Waals surface area contributed by atoms with E-state index >= 15 is 0 Å². The first-order chi connectivity index (χ1) is 26.0. The number of nitro groups is 2. The van der Waals surface area contributed by atoms with Gasteiger partial charge in [0, 0.05) is 35.7 Å². The highest BCUT2D eigenvalue weighted by Crippen LogP contribution is 2.47. The number of thiazole rings is 1. The van der Waals surface area contributed by atoms with E-state index in [1.807, 2.05) is 32.1 Å². The van der Waals surface area contributed by atoms with E-state index in [9.17, 15) is 20.2 Å². The predicted molar refractivity (Wildman–Crippen MR) is 227 cm³/mol. The zero-order chi connectivity index (χ0) is 38.5. The molecule has 0 spiro atoms. The van der Waals surface area contributed by atoms with Crippen molar-refractivity contribution in [3.05, 3.63) is 170 Å². The van der Waals surface area contributed by atoms with Gasteiger partial charge in [0.05, 0.1) is 32.8 Å². The fourth-order valence-corrected chi connectivity index (χ4v) is 10.1. The number of thioether (sulfide) groups is 1. The quantitative estimate of drug-likeness (QED) is 0.0632. The van der Waals surface area contributed by atoms with Crippen molar-refractivity contribution in [3.63, 3.8) is 0 Å². The molecule has 0 radical (unpaired) electrons. The van der Waals surface area contributed by atoms with Crippen LogP contribution in [-0.4, -0.2) is 22.5 Å². The largest absolute Gasteiger partial charge is 0.335 e. The number of nitrogens with zero attached hydrogens (tertiary/aromatic N) is 4. The van der Waals surface area contributed by atoms with Crippen LogP contribution >= 0.6 is 23.1 Å². The minimum absolute atomic E-state index is 0.0814. The van der Waals surface area contributed by atoms with Crippen molar-refractivity contribution >= 4 is 79.0 Å². The summed E-state index contributed by atoms with van der Waals surface area (Å²) in [4.78, 5) is 24.5. The molecule has 0 unspecified atom stereocenters. The van der Waals surface area contributed by atoms with E-state index in [1.54, 1.807) is 47.4 Å². The maximum absolute atomic E-state index is 11.1. The maximum atomic E-state index is 11.1. The Labute approximate surface area is 324 Å². The van der Waals surface area contributed by atoms with Crippen LogP contribution in [-0.2, 0) is 6.54 Å². The lowest BCUT2D eigenvalue weighted by Gasteiger charge is -2.54. The summed E-state index contributed by atoms with van der Waals surface area (Å²) in [7, 11) is 0. The van der Waals surface area contributed by atoms with Crippen LogP contribution in [0, 0.1) is 20.2 Å². The molecule has 8 nitrogen and oxygen atoms in total. The van der Waals surface area contributed by atoms with Crippen molar-refractivity contribution in [3.8, 4) is 0 Å². The van der Waals surface area contributed by atoms with Gasteiger partial charge in [-0.3, -0.25) is 20.2 Å². The van der Waals surface area contributed by atoms with Crippen molar-refractivity contribution in [1.29, 1.82) is 0 Å². The number of non-ortho nitro benzene ring substituents is 2. The van der Waals surface area contributed by atoms with Crippen LogP contribution in [0.4, 0.5) is 17.1 Å². The van der Waals surface area contributed by atoms with Crippen LogP contribution in [0.3, 0.4) is 0 Å². The molecule has 274 valence electrons. The zero-order valence-corrected chi connectivity index (χ0v) is 32.7. The van der Waals surface area contributed by atoms with Gasteiger partial charge in [0.25, 0.3) is 16.4 Å². The SMILES string of the molecule is CC(C)(C)[B-](c1ccccc1)(c1ccccc1)c1ccccc1.CCN1/C(=C/C=C/c2sc3ccc([N+](=O)[O-])cc3[n+]2CC)Sc2ccc([N+](=O)[O-])cc21. The Morgan fingerprint density at radius 1 is 0.741 bits per heavy atom. The summed E-state index contributed by atoms with van der Waals surface area (Å²) in [5, 5.41) is 24.3. The summed E-state index contributed by atoms with van der Waals surface area (Å²) in [5.74, 6) is 0. The second-order valence-electron chi connectivity index (χ2n) is 14.2. The molecule has 11 heteroatoms. The lowest BCUT2D eigenvalue weighted by Crippen LogP contribution is -2.72. The van der Waals surface area contributed by atoms with Gasteiger partial charge in [-0.2, -0.15) is 21.0 Å². The van der Waals surface area contributed by atoms with E-state index < -0.39 is 6.15 Å². The van der Waals surface area contributed by atoms with E-state index in [2.05, 4.69) is 121 Å². The minimum atomic E-state index is -1.06. The van der Waals surface area contributed by atoms with Gasteiger partial charge >= 0.3 is 0 Å². The number of benzene rings is 5. The third kappa shape index (κ3) is 7.47.